The summed E-state index contributed by atoms with van der Waals surface area (Å²) in [5.74, 6) is 1.01. The van der Waals surface area contributed by atoms with Crippen molar-refractivity contribution in [2.75, 3.05) is 6.54 Å². The average Bonchev–Trinajstić information content (AvgIpc) is 2.78. The Hall–Kier alpha value is -0.800. The molecule has 1 rings (SSSR count). The number of nitrogens with zero attached hydrogens (tertiary/aromatic N) is 1. The molecule has 0 aliphatic heterocycles. The lowest BCUT2D eigenvalue weighted by Gasteiger charge is -2.42. The molecule has 0 saturated heterocycles. The Morgan fingerprint density at radius 2 is 2.00 bits per heavy atom. The van der Waals surface area contributed by atoms with Crippen molar-refractivity contribution < 1.29 is 4.42 Å². The van der Waals surface area contributed by atoms with E-state index >= 15 is 0 Å². The van der Waals surface area contributed by atoms with E-state index in [1.165, 1.54) is 0 Å². The van der Waals surface area contributed by atoms with Crippen LogP contribution in [-0.4, -0.2) is 23.5 Å². The summed E-state index contributed by atoms with van der Waals surface area (Å²) in [5.41, 5.74) is 6.50. The van der Waals surface area contributed by atoms with Gasteiger partial charge in [-0.05, 0) is 30.5 Å². The van der Waals surface area contributed by atoms with Gasteiger partial charge in [-0.25, -0.2) is 0 Å². The van der Waals surface area contributed by atoms with Crippen LogP contribution in [0.1, 0.15) is 46.8 Å². The fourth-order valence-electron chi connectivity index (χ4n) is 2.69. The third-order valence-corrected chi connectivity index (χ3v) is 3.50. The smallest absolute Gasteiger partial charge is 0.117 e. The van der Waals surface area contributed by atoms with Crippen LogP contribution >= 0.6 is 0 Å². The standard InChI is InChI=1S/C15H28N2O/c1-6-13(16)14(15(3,4)5)17(7-2)11-12-9-8-10-18-12/h8-10,13-14H,6-7,11,16H2,1-5H3. The minimum atomic E-state index is 0.165. The first-order chi connectivity index (χ1) is 8.40. The van der Waals surface area contributed by atoms with Gasteiger partial charge in [-0.1, -0.05) is 34.6 Å². The zero-order chi connectivity index (χ0) is 13.8. The Kier molecular flexibility index (Phi) is 5.42. The first-order valence-corrected chi connectivity index (χ1v) is 6.92. The van der Waals surface area contributed by atoms with Gasteiger partial charge in [-0.3, -0.25) is 4.90 Å². The quantitative estimate of drug-likeness (QED) is 0.845. The van der Waals surface area contributed by atoms with Crippen LogP contribution in [0.4, 0.5) is 0 Å². The van der Waals surface area contributed by atoms with Crippen LogP contribution in [0.2, 0.25) is 0 Å². The summed E-state index contributed by atoms with van der Waals surface area (Å²) in [4.78, 5) is 2.42. The number of furan rings is 1. The summed E-state index contributed by atoms with van der Waals surface area (Å²) in [7, 11) is 0. The predicted octanol–water partition coefficient (Wildman–Crippen LogP) is 3.25. The van der Waals surface area contributed by atoms with E-state index in [2.05, 4.69) is 39.5 Å². The number of hydrogen-bond donors (Lipinski definition) is 1. The van der Waals surface area contributed by atoms with Crippen molar-refractivity contribution in [1.29, 1.82) is 0 Å². The van der Waals surface area contributed by atoms with E-state index in [1.807, 2.05) is 12.1 Å². The van der Waals surface area contributed by atoms with Crippen LogP contribution in [0.25, 0.3) is 0 Å². The maximum atomic E-state index is 6.34. The normalized spacial score (nSPS) is 15.9. The molecule has 1 heterocycles. The lowest BCUT2D eigenvalue weighted by atomic mass is 9.80. The molecule has 104 valence electrons. The Morgan fingerprint density at radius 3 is 2.39 bits per heavy atom. The van der Waals surface area contributed by atoms with Crippen molar-refractivity contribution in [3.8, 4) is 0 Å². The van der Waals surface area contributed by atoms with Gasteiger partial charge in [0.05, 0.1) is 12.8 Å². The van der Waals surface area contributed by atoms with Gasteiger partial charge < -0.3 is 10.2 Å². The van der Waals surface area contributed by atoms with Gasteiger partial charge in [0.1, 0.15) is 5.76 Å². The molecule has 0 aromatic carbocycles. The van der Waals surface area contributed by atoms with Crippen LogP contribution in [0, 0.1) is 5.41 Å². The fraction of sp³-hybridized carbons (Fsp3) is 0.733. The fourth-order valence-corrected chi connectivity index (χ4v) is 2.69. The van der Waals surface area contributed by atoms with Crippen molar-refractivity contribution in [2.45, 2.75) is 59.7 Å². The first kappa shape index (κ1) is 15.3. The Labute approximate surface area is 111 Å². The zero-order valence-corrected chi connectivity index (χ0v) is 12.4. The second-order valence-electron chi connectivity index (χ2n) is 6.03. The molecule has 0 bridgehead atoms. The number of nitrogens with two attached hydrogens (primary N) is 1. The maximum absolute atomic E-state index is 6.34. The van der Waals surface area contributed by atoms with Gasteiger partial charge in [0.15, 0.2) is 0 Å². The highest BCUT2D eigenvalue weighted by Gasteiger charge is 2.34. The molecule has 1 aromatic rings. The molecule has 0 saturated carbocycles. The molecular weight excluding hydrogens is 224 g/mol. The Morgan fingerprint density at radius 1 is 1.33 bits per heavy atom. The van der Waals surface area contributed by atoms with E-state index in [0.29, 0.717) is 6.04 Å². The largest absolute Gasteiger partial charge is 0.468 e. The van der Waals surface area contributed by atoms with Crippen LogP contribution in [0.5, 0.6) is 0 Å². The highest BCUT2D eigenvalue weighted by Crippen LogP contribution is 2.28. The molecule has 2 N–H and O–H groups in total. The zero-order valence-electron chi connectivity index (χ0n) is 12.4. The first-order valence-electron chi connectivity index (χ1n) is 6.92. The maximum Gasteiger partial charge on any atom is 0.117 e. The number of rotatable bonds is 6. The SMILES string of the molecule is CCC(N)C(N(CC)Cc1ccco1)C(C)(C)C. The molecule has 0 aliphatic carbocycles. The highest BCUT2D eigenvalue weighted by atomic mass is 16.3. The summed E-state index contributed by atoms with van der Waals surface area (Å²) in [5, 5.41) is 0. The third-order valence-electron chi connectivity index (χ3n) is 3.50. The molecule has 2 atom stereocenters. The molecule has 2 unspecified atom stereocenters. The lowest BCUT2D eigenvalue weighted by Crippen LogP contribution is -2.54. The van der Waals surface area contributed by atoms with E-state index in [4.69, 9.17) is 10.2 Å². The second-order valence-corrected chi connectivity index (χ2v) is 6.03. The molecule has 3 heteroatoms. The van der Waals surface area contributed by atoms with Crippen molar-refractivity contribution in [2.24, 2.45) is 11.1 Å². The number of likely N-dealkylation sites (N-methyl/N-ethyl adjacent to an activating group) is 1. The van der Waals surface area contributed by atoms with E-state index in [-0.39, 0.29) is 11.5 Å². The van der Waals surface area contributed by atoms with Crippen LogP contribution in [-0.2, 0) is 6.54 Å². The summed E-state index contributed by atoms with van der Waals surface area (Å²) < 4.78 is 5.46. The molecule has 3 nitrogen and oxygen atoms in total. The van der Waals surface area contributed by atoms with Crippen molar-refractivity contribution >= 4 is 0 Å². The van der Waals surface area contributed by atoms with Gasteiger partial charge >= 0.3 is 0 Å². The summed E-state index contributed by atoms with van der Waals surface area (Å²) in [6, 6.07) is 4.52. The monoisotopic (exact) mass is 252 g/mol. The van der Waals surface area contributed by atoms with E-state index < -0.39 is 0 Å². The van der Waals surface area contributed by atoms with Crippen LogP contribution in [0.15, 0.2) is 22.8 Å². The molecule has 0 spiro atoms. The topological polar surface area (TPSA) is 42.4 Å². The van der Waals surface area contributed by atoms with Gasteiger partial charge in [-0.2, -0.15) is 0 Å². The molecule has 0 aliphatic rings. The van der Waals surface area contributed by atoms with Gasteiger partial charge in [0, 0.05) is 12.1 Å². The van der Waals surface area contributed by atoms with Gasteiger partial charge in [0.25, 0.3) is 0 Å². The van der Waals surface area contributed by atoms with E-state index in [1.54, 1.807) is 6.26 Å². The Balaban J connectivity index is 2.87. The minimum absolute atomic E-state index is 0.165. The van der Waals surface area contributed by atoms with Crippen molar-refractivity contribution in [1.82, 2.24) is 4.90 Å². The third kappa shape index (κ3) is 3.85. The minimum Gasteiger partial charge on any atom is -0.468 e. The van der Waals surface area contributed by atoms with Crippen LogP contribution in [0.3, 0.4) is 0 Å². The molecular formula is C15H28N2O. The second kappa shape index (κ2) is 6.39. The lowest BCUT2D eigenvalue weighted by molar-refractivity contribution is 0.0686. The van der Waals surface area contributed by atoms with Gasteiger partial charge in [-0.15, -0.1) is 0 Å². The molecule has 0 amide bonds. The van der Waals surface area contributed by atoms with Crippen LogP contribution < -0.4 is 5.73 Å². The predicted molar refractivity (Wildman–Crippen MR) is 76.3 cm³/mol. The average molecular weight is 252 g/mol. The molecule has 18 heavy (non-hydrogen) atoms. The van der Waals surface area contributed by atoms with E-state index in [9.17, 15) is 0 Å². The van der Waals surface area contributed by atoms with E-state index in [0.717, 1.165) is 25.3 Å². The van der Waals surface area contributed by atoms with Crippen molar-refractivity contribution in [3.05, 3.63) is 24.2 Å². The molecule has 1 aromatic heterocycles. The summed E-state index contributed by atoms with van der Waals surface area (Å²) in [6.07, 6.45) is 2.73. The van der Waals surface area contributed by atoms with Crippen molar-refractivity contribution in [3.63, 3.8) is 0 Å². The molecule has 0 fully saturated rings. The summed E-state index contributed by atoms with van der Waals surface area (Å²) >= 11 is 0. The Bertz CT molecular complexity index is 327. The summed E-state index contributed by atoms with van der Waals surface area (Å²) in [6.45, 7) is 12.9. The number of hydrogen-bond acceptors (Lipinski definition) is 3. The van der Waals surface area contributed by atoms with Gasteiger partial charge in [0.2, 0.25) is 0 Å². The molecule has 0 radical (unpaired) electrons. The highest BCUT2D eigenvalue weighted by molar-refractivity contribution is 5.00.